The number of aromatic nitrogens is 2. The van der Waals surface area contributed by atoms with E-state index >= 15 is 0 Å². The summed E-state index contributed by atoms with van der Waals surface area (Å²) >= 11 is 0. The summed E-state index contributed by atoms with van der Waals surface area (Å²) in [6, 6.07) is 6.05. The number of hydrazine groups is 1. The molecule has 2 aromatic rings. The van der Waals surface area contributed by atoms with Gasteiger partial charge in [-0.3, -0.25) is 9.78 Å². The predicted octanol–water partition coefficient (Wildman–Crippen LogP) is 2.02. The molecular weight excluding hydrogens is 273 g/mol. The van der Waals surface area contributed by atoms with Crippen LogP contribution in [0.15, 0.2) is 42.7 Å². The van der Waals surface area contributed by atoms with Gasteiger partial charge < -0.3 is 0 Å². The third-order valence-corrected chi connectivity index (χ3v) is 2.42. The zero-order valence-electron chi connectivity index (χ0n) is 10.0. The minimum atomic E-state index is -4.54. The molecule has 2 heterocycles. The number of halogens is 3. The van der Waals surface area contributed by atoms with Crippen LogP contribution in [0.1, 0.15) is 16.1 Å². The molecule has 2 aromatic heterocycles. The lowest BCUT2D eigenvalue weighted by atomic mass is 10.2. The monoisotopic (exact) mass is 282 g/mol. The maximum Gasteiger partial charge on any atom is 0.416 e. The van der Waals surface area contributed by atoms with Crippen molar-refractivity contribution in [2.24, 2.45) is 5.84 Å². The van der Waals surface area contributed by atoms with Crippen LogP contribution in [0, 0.1) is 0 Å². The third-order valence-electron chi connectivity index (χ3n) is 2.42. The Morgan fingerprint density at radius 3 is 2.50 bits per heavy atom. The van der Waals surface area contributed by atoms with Crippen molar-refractivity contribution in [2.75, 3.05) is 5.01 Å². The second kappa shape index (κ2) is 5.25. The first kappa shape index (κ1) is 13.9. The second-order valence-electron chi connectivity index (χ2n) is 3.79. The number of amides is 1. The highest BCUT2D eigenvalue weighted by Gasteiger charge is 2.31. The van der Waals surface area contributed by atoms with Gasteiger partial charge in [0.1, 0.15) is 5.69 Å². The largest absolute Gasteiger partial charge is 0.416 e. The van der Waals surface area contributed by atoms with Crippen molar-refractivity contribution in [2.45, 2.75) is 6.18 Å². The van der Waals surface area contributed by atoms with Crippen molar-refractivity contribution in [3.8, 4) is 0 Å². The highest BCUT2D eigenvalue weighted by atomic mass is 19.4. The topological polar surface area (TPSA) is 72.1 Å². The standard InChI is InChI=1S/C12H9F3N4O/c13-12(14,15)8-4-6-18-10(7-8)19(16)11(20)9-3-1-2-5-17-9/h1-7H,16H2. The molecule has 20 heavy (non-hydrogen) atoms. The van der Waals surface area contributed by atoms with Crippen LogP contribution in [0.4, 0.5) is 19.0 Å². The molecule has 1 amide bonds. The first-order valence-corrected chi connectivity index (χ1v) is 5.43. The van der Waals surface area contributed by atoms with Crippen LogP contribution in [-0.2, 0) is 6.18 Å². The summed E-state index contributed by atoms with van der Waals surface area (Å²) in [6.45, 7) is 0. The normalized spacial score (nSPS) is 11.2. The summed E-state index contributed by atoms with van der Waals surface area (Å²) in [6.07, 6.45) is -2.23. The average Bonchev–Trinajstić information content (AvgIpc) is 2.46. The number of carbonyl (C=O) groups is 1. The molecule has 0 bridgehead atoms. The predicted molar refractivity (Wildman–Crippen MR) is 64.5 cm³/mol. The fourth-order valence-electron chi connectivity index (χ4n) is 1.44. The fraction of sp³-hybridized carbons (Fsp3) is 0.0833. The van der Waals surface area contributed by atoms with Crippen molar-refractivity contribution >= 4 is 11.7 Å². The number of nitrogens with two attached hydrogens (primary N) is 1. The lowest BCUT2D eigenvalue weighted by molar-refractivity contribution is -0.137. The van der Waals surface area contributed by atoms with Gasteiger partial charge in [0.2, 0.25) is 0 Å². The van der Waals surface area contributed by atoms with E-state index in [0.717, 1.165) is 12.3 Å². The Morgan fingerprint density at radius 2 is 1.90 bits per heavy atom. The molecule has 0 aliphatic rings. The van der Waals surface area contributed by atoms with Crippen molar-refractivity contribution in [1.29, 1.82) is 0 Å². The molecule has 104 valence electrons. The van der Waals surface area contributed by atoms with Crippen LogP contribution >= 0.6 is 0 Å². The molecule has 0 atom stereocenters. The molecule has 0 saturated heterocycles. The lowest BCUT2D eigenvalue weighted by Crippen LogP contribution is -2.38. The van der Waals surface area contributed by atoms with Gasteiger partial charge >= 0.3 is 6.18 Å². The average molecular weight is 282 g/mol. The summed E-state index contributed by atoms with van der Waals surface area (Å²) in [5.74, 6) is 4.43. The maximum atomic E-state index is 12.6. The van der Waals surface area contributed by atoms with E-state index in [1.54, 1.807) is 12.1 Å². The van der Waals surface area contributed by atoms with Crippen LogP contribution in [-0.4, -0.2) is 15.9 Å². The number of hydrogen-bond donors (Lipinski definition) is 1. The van der Waals surface area contributed by atoms with Gasteiger partial charge in [0.05, 0.1) is 5.56 Å². The number of carbonyl (C=O) groups excluding carboxylic acids is 1. The summed E-state index contributed by atoms with van der Waals surface area (Å²) in [7, 11) is 0. The molecule has 0 aliphatic heterocycles. The zero-order chi connectivity index (χ0) is 14.8. The number of rotatable bonds is 2. The van der Waals surface area contributed by atoms with Crippen LogP contribution in [0.25, 0.3) is 0 Å². The quantitative estimate of drug-likeness (QED) is 0.519. The number of alkyl halides is 3. The van der Waals surface area contributed by atoms with Gasteiger partial charge in [-0.2, -0.15) is 13.2 Å². The molecule has 8 heteroatoms. The van der Waals surface area contributed by atoms with E-state index in [9.17, 15) is 18.0 Å². The van der Waals surface area contributed by atoms with Gasteiger partial charge in [0.25, 0.3) is 5.91 Å². The Balaban J connectivity index is 2.30. The van der Waals surface area contributed by atoms with E-state index in [-0.39, 0.29) is 11.5 Å². The summed E-state index contributed by atoms with van der Waals surface area (Å²) in [4.78, 5) is 19.4. The molecule has 0 unspecified atom stereocenters. The van der Waals surface area contributed by atoms with Gasteiger partial charge in [-0.25, -0.2) is 15.8 Å². The zero-order valence-corrected chi connectivity index (χ0v) is 10.0. The van der Waals surface area contributed by atoms with Gasteiger partial charge in [-0.05, 0) is 24.3 Å². The van der Waals surface area contributed by atoms with Crippen LogP contribution in [0.2, 0.25) is 0 Å². The number of anilines is 1. The van der Waals surface area contributed by atoms with Gasteiger partial charge in [-0.15, -0.1) is 0 Å². The molecule has 0 aromatic carbocycles. The molecule has 2 N–H and O–H groups in total. The van der Waals surface area contributed by atoms with E-state index in [1.807, 2.05) is 0 Å². The van der Waals surface area contributed by atoms with E-state index in [1.165, 1.54) is 12.3 Å². The molecule has 2 rings (SSSR count). The van der Waals surface area contributed by atoms with E-state index in [4.69, 9.17) is 5.84 Å². The van der Waals surface area contributed by atoms with Crippen molar-refractivity contribution in [3.05, 3.63) is 54.0 Å². The highest BCUT2D eigenvalue weighted by molar-refractivity contribution is 6.03. The van der Waals surface area contributed by atoms with E-state index in [0.29, 0.717) is 11.1 Å². The smallest absolute Gasteiger partial charge is 0.265 e. The molecule has 0 aliphatic carbocycles. The Morgan fingerprint density at radius 1 is 1.15 bits per heavy atom. The first-order chi connectivity index (χ1) is 9.39. The van der Waals surface area contributed by atoms with Crippen LogP contribution < -0.4 is 10.9 Å². The molecule has 5 nitrogen and oxygen atoms in total. The Kier molecular flexibility index (Phi) is 3.66. The second-order valence-corrected chi connectivity index (χ2v) is 3.79. The fourth-order valence-corrected chi connectivity index (χ4v) is 1.44. The van der Waals surface area contributed by atoms with Crippen molar-refractivity contribution in [3.63, 3.8) is 0 Å². The Bertz CT molecular complexity index is 616. The summed E-state index contributed by atoms with van der Waals surface area (Å²) in [5, 5.41) is 0.525. The minimum absolute atomic E-state index is 0.00853. The molecule has 0 saturated carbocycles. The Labute approximate surface area is 111 Å². The number of hydrogen-bond acceptors (Lipinski definition) is 4. The van der Waals surface area contributed by atoms with Crippen LogP contribution in [0.3, 0.4) is 0 Å². The Hall–Kier alpha value is -2.48. The maximum absolute atomic E-state index is 12.6. The van der Waals surface area contributed by atoms with Crippen LogP contribution in [0.5, 0.6) is 0 Å². The molecule has 0 radical (unpaired) electrons. The van der Waals surface area contributed by atoms with E-state index in [2.05, 4.69) is 9.97 Å². The van der Waals surface area contributed by atoms with Gasteiger partial charge in [-0.1, -0.05) is 6.07 Å². The highest BCUT2D eigenvalue weighted by Crippen LogP contribution is 2.30. The summed E-state index contributed by atoms with van der Waals surface area (Å²) in [5.41, 5.74) is -0.930. The first-order valence-electron chi connectivity index (χ1n) is 5.43. The molecule has 0 spiro atoms. The molecule has 0 fully saturated rings. The molecular formula is C12H9F3N4O. The van der Waals surface area contributed by atoms with Gasteiger partial charge in [0.15, 0.2) is 5.82 Å². The SMILES string of the molecule is NN(C(=O)c1ccccn1)c1cc(C(F)(F)F)ccn1. The third kappa shape index (κ3) is 2.91. The van der Waals surface area contributed by atoms with Crippen molar-refractivity contribution in [1.82, 2.24) is 9.97 Å². The minimum Gasteiger partial charge on any atom is -0.265 e. The van der Waals surface area contributed by atoms with Gasteiger partial charge in [0, 0.05) is 12.4 Å². The summed E-state index contributed by atoms with van der Waals surface area (Å²) < 4.78 is 37.7. The lowest BCUT2D eigenvalue weighted by Gasteiger charge is -2.16. The van der Waals surface area contributed by atoms with Crippen molar-refractivity contribution < 1.29 is 18.0 Å². The number of pyridine rings is 2. The van der Waals surface area contributed by atoms with E-state index < -0.39 is 17.6 Å². The number of nitrogens with zero attached hydrogens (tertiary/aromatic N) is 3.